The number of fused-ring (bicyclic) bond motifs is 1. The minimum atomic E-state index is -0.522. The van der Waals surface area contributed by atoms with Gasteiger partial charge in [-0.25, -0.2) is 0 Å². The molecule has 0 bridgehead atoms. The minimum Gasteiger partial charge on any atom is -0.496 e. The van der Waals surface area contributed by atoms with Gasteiger partial charge in [0.2, 0.25) is 0 Å². The zero-order chi connectivity index (χ0) is 28.8. The third-order valence-corrected chi connectivity index (χ3v) is 7.31. The zero-order valence-corrected chi connectivity index (χ0v) is 22.8. The van der Waals surface area contributed by atoms with Crippen molar-refractivity contribution >= 4 is 47.2 Å². The van der Waals surface area contributed by atoms with Crippen LogP contribution in [0.1, 0.15) is 36.6 Å². The number of thioether (sulfide) groups is 1. The van der Waals surface area contributed by atoms with Crippen LogP contribution in [-0.2, 0) is 4.79 Å². The molecule has 1 aliphatic heterocycles. The standard InChI is InChI=1S/C32H25N3O5S/c1-40-28-14-8-5-11-22(28)19-27(34-29(36)21-9-3-2-4-10-21)30(37)33-23-15-17-24(18-16-23)41-20-35-31(38)25-12-6-7-13-26(25)32(35)39/h2-19H,20H2,1H3,(H,33,37)(H,34,36)/b27-19-. The summed E-state index contributed by atoms with van der Waals surface area (Å²) in [4.78, 5) is 53.4. The molecule has 0 saturated heterocycles. The normalized spacial score (nSPS) is 12.6. The predicted molar refractivity (Wildman–Crippen MR) is 158 cm³/mol. The number of hydrogen-bond donors (Lipinski definition) is 2. The van der Waals surface area contributed by atoms with Crippen molar-refractivity contribution in [3.8, 4) is 5.75 Å². The molecule has 0 radical (unpaired) electrons. The van der Waals surface area contributed by atoms with E-state index in [1.165, 1.54) is 23.8 Å². The van der Waals surface area contributed by atoms with E-state index in [0.717, 1.165) is 4.90 Å². The molecule has 41 heavy (non-hydrogen) atoms. The maximum Gasteiger partial charge on any atom is 0.272 e. The van der Waals surface area contributed by atoms with Gasteiger partial charge in [0.25, 0.3) is 23.6 Å². The largest absolute Gasteiger partial charge is 0.496 e. The molecular weight excluding hydrogens is 538 g/mol. The highest BCUT2D eigenvalue weighted by Crippen LogP contribution is 2.28. The van der Waals surface area contributed by atoms with E-state index in [1.807, 2.05) is 6.07 Å². The Kier molecular flexibility index (Phi) is 8.26. The van der Waals surface area contributed by atoms with Crippen LogP contribution in [0, 0.1) is 0 Å². The summed E-state index contributed by atoms with van der Waals surface area (Å²) in [7, 11) is 1.53. The van der Waals surface area contributed by atoms with E-state index in [0.29, 0.717) is 33.7 Å². The van der Waals surface area contributed by atoms with E-state index in [-0.39, 0.29) is 23.4 Å². The Morgan fingerprint density at radius 3 is 2.07 bits per heavy atom. The molecular formula is C32H25N3O5S. The van der Waals surface area contributed by atoms with Crippen LogP contribution >= 0.6 is 11.8 Å². The number of nitrogens with one attached hydrogen (secondary N) is 2. The van der Waals surface area contributed by atoms with Crippen molar-refractivity contribution in [2.75, 3.05) is 18.3 Å². The number of methoxy groups -OCH3 is 1. The molecule has 0 aromatic heterocycles. The molecule has 1 heterocycles. The first-order valence-electron chi connectivity index (χ1n) is 12.6. The summed E-state index contributed by atoms with van der Waals surface area (Å²) in [5, 5.41) is 5.53. The summed E-state index contributed by atoms with van der Waals surface area (Å²) in [6.45, 7) is 0. The SMILES string of the molecule is COc1ccccc1/C=C(\NC(=O)c1ccccc1)C(=O)Nc1ccc(SCN2C(=O)c3ccccc3C2=O)cc1. The molecule has 0 atom stereocenters. The van der Waals surface area contributed by atoms with E-state index >= 15 is 0 Å². The minimum absolute atomic E-state index is 0.0347. The Bertz CT molecular complexity index is 1620. The number of anilines is 1. The second-order valence-electron chi connectivity index (χ2n) is 8.96. The van der Waals surface area contributed by atoms with Gasteiger partial charge < -0.3 is 15.4 Å². The van der Waals surface area contributed by atoms with Crippen LogP contribution in [0.5, 0.6) is 5.75 Å². The number of amides is 4. The molecule has 8 nitrogen and oxygen atoms in total. The van der Waals surface area contributed by atoms with E-state index < -0.39 is 11.8 Å². The number of carbonyl (C=O) groups is 4. The maximum absolute atomic E-state index is 13.3. The number of ether oxygens (including phenoxy) is 1. The van der Waals surface area contributed by atoms with Gasteiger partial charge in [-0.2, -0.15) is 0 Å². The Balaban J connectivity index is 1.28. The second kappa shape index (κ2) is 12.4. The van der Waals surface area contributed by atoms with Crippen LogP contribution in [0.4, 0.5) is 5.69 Å². The van der Waals surface area contributed by atoms with Crippen molar-refractivity contribution in [3.05, 3.63) is 131 Å². The van der Waals surface area contributed by atoms with Crippen LogP contribution in [-0.4, -0.2) is 41.5 Å². The van der Waals surface area contributed by atoms with Gasteiger partial charge in [0.05, 0.1) is 24.1 Å². The Morgan fingerprint density at radius 1 is 0.805 bits per heavy atom. The van der Waals surface area contributed by atoms with Gasteiger partial charge in [-0.15, -0.1) is 11.8 Å². The van der Waals surface area contributed by atoms with E-state index in [9.17, 15) is 19.2 Å². The molecule has 0 unspecified atom stereocenters. The van der Waals surface area contributed by atoms with Crippen LogP contribution in [0.15, 0.2) is 114 Å². The summed E-state index contributed by atoms with van der Waals surface area (Å²) in [6.07, 6.45) is 1.56. The maximum atomic E-state index is 13.3. The lowest BCUT2D eigenvalue weighted by Gasteiger charge is -2.14. The molecule has 204 valence electrons. The summed E-state index contributed by atoms with van der Waals surface area (Å²) in [6, 6.07) is 29.5. The van der Waals surface area contributed by atoms with Gasteiger partial charge in [0.1, 0.15) is 11.4 Å². The molecule has 0 spiro atoms. The highest BCUT2D eigenvalue weighted by atomic mass is 32.2. The summed E-state index contributed by atoms with van der Waals surface area (Å²) in [5.41, 5.74) is 2.38. The first-order valence-corrected chi connectivity index (χ1v) is 13.6. The summed E-state index contributed by atoms with van der Waals surface area (Å²) >= 11 is 1.33. The van der Waals surface area contributed by atoms with Crippen molar-refractivity contribution in [2.24, 2.45) is 0 Å². The number of rotatable bonds is 9. The average molecular weight is 564 g/mol. The predicted octanol–water partition coefficient (Wildman–Crippen LogP) is 5.45. The van der Waals surface area contributed by atoms with Crippen LogP contribution in [0.25, 0.3) is 6.08 Å². The van der Waals surface area contributed by atoms with Crippen LogP contribution in [0.3, 0.4) is 0 Å². The summed E-state index contributed by atoms with van der Waals surface area (Å²) in [5.74, 6) is -0.863. The molecule has 9 heteroatoms. The number of imide groups is 1. The fourth-order valence-corrected chi connectivity index (χ4v) is 5.05. The number of carbonyl (C=O) groups excluding carboxylic acids is 4. The van der Waals surface area contributed by atoms with Crippen molar-refractivity contribution in [1.82, 2.24) is 10.2 Å². The molecule has 0 fully saturated rings. The molecule has 1 aliphatic rings. The highest BCUT2D eigenvalue weighted by molar-refractivity contribution is 7.99. The number of benzene rings is 4. The van der Waals surface area contributed by atoms with Gasteiger partial charge in [0, 0.05) is 21.7 Å². The Hall–Kier alpha value is -5.15. The third-order valence-electron chi connectivity index (χ3n) is 6.32. The number of hydrogen-bond acceptors (Lipinski definition) is 6. The lowest BCUT2D eigenvalue weighted by Crippen LogP contribution is -2.30. The molecule has 0 saturated carbocycles. The van der Waals surface area contributed by atoms with E-state index in [1.54, 1.807) is 103 Å². The van der Waals surface area contributed by atoms with Gasteiger partial charge in [-0.05, 0) is 60.7 Å². The lowest BCUT2D eigenvalue weighted by molar-refractivity contribution is -0.113. The average Bonchev–Trinajstić information content (AvgIpc) is 3.25. The van der Waals surface area contributed by atoms with E-state index in [2.05, 4.69) is 10.6 Å². The Labute approximate surface area is 241 Å². The molecule has 4 amide bonds. The van der Waals surface area contributed by atoms with Gasteiger partial charge >= 0.3 is 0 Å². The molecule has 2 N–H and O–H groups in total. The molecule has 5 rings (SSSR count). The van der Waals surface area contributed by atoms with Crippen LogP contribution < -0.4 is 15.4 Å². The fraction of sp³-hybridized carbons (Fsp3) is 0.0625. The molecule has 0 aliphatic carbocycles. The van der Waals surface area contributed by atoms with Crippen molar-refractivity contribution in [3.63, 3.8) is 0 Å². The van der Waals surface area contributed by atoms with Gasteiger partial charge in [0.15, 0.2) is 0 Å². The number of nitrogens with zero attached hydrogens (tertiary/aromatic N) is 1. The topological polar surface area (TPSA) is 105 Å². The highest BCUT2D eigenvalue weighted by Gasteiger charge is 2.34. The monoisotopic (exact) mass is 563 g/mol. The second-order valence-corrected chi connectivity index (χ2v) is 9.97. The van der Waals surface area contributed by atoms with Crippen LogP contribution in [0.2, 0.25) is 0 Å². The van der Waals surface area contributed by atoms with Crippen molar-refractivity contribution < 1.29 is 23.9 Å². The molecule has 4 aromatic rings. The quantitative estimate of drug-likeness (QED) is 0.159. The fourth-order valence-electron chi connectivity index (χ4n) is 4.21. The summed E-state index contributed by atoms with van der Waals surface area (Å²) < 4.78 is 5.40. The van der Waals surface area contributed by atoms with Gasteiger partial charge in [-0.3, -0.25) is 24.1 Å². The Morgan fingerprint density at radius 2 is 1.41 bits per heavy atom. The molecule has 4 aromatic carbocycles. The smallest absolute Gasteiger partial charge is 0.272 e. The first kappa shape index (κ1) is 27.4. The van der Waals surface area contributed by atoms with Crippen molar-refractivity contribution in [1.29, 1.82) is 0 Å². The zero-order valence-electron chi connectivity index (χ0n) is 22.0. The number of para-hydroxylation sites is 1. The first-order chi connectivity index (χ1) is 19.9. The van der Waals surface area contributed by atoms with E-state index in [4.69, 9.17) is 4.74 Å². The lowest BCUT2D eigenvalue weighted by atomic mass is 10.1. The van der Waals surface area contributed by atoms with Crippen molar-refractivity contribution in [2.45, 2.75) is 4.90 Å². The van der Waals surface area contributed by atoms with Gasteiger partial charge in [-0.1, -0.05) is 48.5 Å². The third kappa shape index (κ3) is 6.21.